The molecule has 1 aromatic heterocycles. The zero-order valence-electron chi connectivity index (χ0n) is 15.4. The van der Waals surface area contributed by atoms with Gasteiger partial charge in [-0.2, -0.15) is 0 Å². The van der Waals surface area contributed by atoms with Crippen LogP contribution in [0.4, 0.5) is 0 Å². The van der Waals surface area contributed by atoms with Crippen LogP contribution >= 0.6 is 11.6 Å². The van der Waals surface area contributed by atoms with Crippen LogP contribution in [-0.2, 0) is 4.74 Å². The summed E-state index contributed by atoms with van der Waals surface area (Å²) in [6.07, 6.45) is -0.0645. The van der Waals surface area contributed by atoms with E-state index in [1.54, 1.807) is 6.07 Å². The van der Waals surface area contributed by atoms with Crippen molar-refractivity contribution in [3.8, 4) is 11.3 Å². The lowest BCUT2D eigenvalue weighted by Gasteiger charge is -2.30. The zero-order chi connectivity index (χ0) is 18.9. The summed E-state index contributed by atoms with van der Waals surface area (Å²) in [4.78, 5) is 17.3. The SMILES string of the molecule is CNC1OC1[C@@H](NC(=O)c1cccc(-c2cccc(Cl)c2)n1)C(C)(C)C. The predicted octanol–water partition coefficient (Wildman–Crippen LogP) is 3.49. The number of pyridine rings is 1. The molecule has 0 radical (unpaired) electrons. The summed E-state index contributed by atoms with van der Waals surface area (Å²) in [5, 5.41) is 6.82. The van der Waals surface area contributed by atoms with Crippen molar-refractivity contribution in [3.63, 3.8) is 0 Å². The number of carbonyl (C=O) groups excluding carboxylic acids is 1. The van der Waals surface area contributed by atoms with Crippen molar-refractivity contribution in [2.75, 3.05) is 7.05 Å². The molecule has 3 rings (SSSR count). The van der Waals surface area contributed by atoms with Gasteiger partial charge in [0.05, 0.1) is 11.7 Å². The van der Waals surface area contributed by atoms with E-state index in [4.69, 9.17) is 16.3 Å². The third kappa shape index (κ3) is 4.23. The third-order valence-electron chi connectivity index (χ3n) is 4.46. The molecule has 2 N–H and O–H groups in total. The van der Waals surface area contributed by atoms with Gasteiger partial charge in [0.2, 0.25) is 0 Å². The maximum absolute atomic E-state index is 12.8. The Balaban J connectivity index is 1.80. The van der Waals surface area contributed by atoms with Gasteiger partial charge in [0.15, 0.2) is 0 Å². The van der Waals surface area contributed by atoms with Gasteiger partial charge in [-0.1, -0.05) is 50.6 Å². The van der Waals surface area contributed by atoms with Crippen LogP contribution < -0.4 is 10.6 Å². The second-order valence-corrected chi connectivity index (χ2v) is 7.98. The summed E-state index contributed by atoms with van der Waals surface area (Å²) >= 11 is 6.06. The van der Waals surface area contributed by atoms with Gasteiger partial charge < -0.3 is 10.1 Å². The summed E-state index contributed by atoms with van der Waals surface area (Å²) in [5.74, 6) is -0.209. The van der Waals surface area contributed by atoms with Crippen LogP contribution in [0.2, 0.25) is 5.02 Å². The number of hydrogen-bond donors (Lipinski definition) is 2. The lowest BCUT2D eigenvalue weighted by molar-refractivity contribution is 0.0878. The first-order valence-electron chi connectivity index (χ1n) is 8.66. The van der Waals surface area contributed by atoms with E-state index in [2.05, 4.69) is 36.4 Å². The molecular weight excluding hydrogens is 350 g/mol. The lowest BCUT2D eigenvalue weighted by Crippen LogP contribution is -2.49. The minimum absolute atomic E-state index is 0.0229. The first-order valence-corrected chi connectivity index (χ1v) is 9.04. The van der Waals surface area contributed by atoms with Gasteiger partial charge >= 0.3 is 0 Å². The Morgan fingerprint density at radius 1 is 1.23 bits per heavy atom. The van der Waals surface area contributed by atoms with Crippen LogP contribution in [0, 0.1) is 5.41 Å². The van der Waals surface area contributed by atoms with Gasteiger partial charge in [-0.25, -0.2) is 4.98 Å². The van der Waals surface area contributed by atoms with Gasteiger partial charge in [0.25, 0.3) is 5.91 Å². The maximum atomic E-state index is 12.8. The average molecular weight is 374 g/mol. The van der Waals surface area contributed by atoms with Gasteiger partial charge in [-0.3, -0.25) is 10.1 Å². The molecule has 0 spiro atoms. The first kappa shape index (κ1) is 18.8. The highest BCUT2D eigenvalue weighted by Crippen LogP contribution is 2.33. The normalized spacial score (nSPS) is 20.5. The molecule has 6 heteroatoms. The summed E-state index contributed by atoms with van der Waals surface area (Å²) < 4.78 is 5.64. The third-order valence-corrected chi connectivity index (χ3v) is 4.70. The monoisotopic (exact) mass is 373 g/mol. The molecule has 0 bridgehead atoms. The van der Waals surface area contributed by atoms with E-state index in [0.717, 1.165) is 5.56 Å². The standard InChI is InChI=1S/C20H24ClN3O2/c1-20(2,3)17(16-19(22-4)26-16)24-18(25)15-10-6-9-14(23-15)12-7-5-8-13(21)11-12/h5-11,16-17,19,22H,1-4H3,(H,24,25)/t16?,17-,19?/m1/s1. The summed E-state index contributed by atoms with van der Waals surface area (Å²) in [6.45, 7) is 6.26. The Bertz CT molecular complexity index is 804. The van der Waals surface area contributed by atoms with E-state index in [1.807, 2.05) is 43.4 Å². The van der Waals surface area contributed by atoms with Crippen LogP contribution in [-0.4, -0.2) is 36.3 Å². The first-order chi connectivity index (χ1) is 12.3. The fraction of sp³-hybridized carbons (Fsp3) is 0.400. The van der Waals surface area contributed by atoms with E-state index in [9.17, 15) is 4.79 Å². The summed E-state index contributed by atoms with van der Waals surface area (Å²) in [7, 11) is 1.85. The molecule has 1 aromatic carbocycles. The molecule has 1 fully saturated rings. The van der Waals surface area contributed by atoms with Crippen molar-refractivity contribution >= 4 is 17.5 Å². The largest absolute Gasteiger partial charge is 0.351 e. The second-order valence-electron chi connectivity index (χ2n) is 7.55. The summed E-state index contributed by atoms with van der Waals surface area (Å²) in [5.41, 5.74) is 1.82. The molecule has 2 unspecified atom stereocenters. The Labute approximate surface area is 159 Å². The minimum Gasteiger partial charge on any atom is -0.351 e. The van der Waals surface area contributed by atoms with Gasteiger partial charge in [0.1, 0.15) is 18.0 Å². The van der Waals surface area contributed by atoms with Crippen LogP contribution in [0.3, 0.4) is 0 Å². The number of nitrogens with one attached hydrogen (secondary N) is 2. The van der Waals surface area contributed by atoms with Crippen molar-refractivity contribution in [2.45, 2.75) is 39.1 Å². The van der Waals surface area contributed by atoms with Crippen LogP contribution in [0.15, 0.2) is 42.5 Å². The maximum Gasteiger partial charge on any atom is 0.270 e. The van der Waals surface area contributed by atoms with Gasteiger partial charge in [-0.15, -0.1) is 0 Å². The Morgan fingerprint density at radius 3 is 2.58 bits per heavy atom. The summed E-state index contributed by atoms with van der Waals surface area (Å²) in [6, 6.07) is 12.7. The zero-order valence-corrected chi connectivity index (χ0v) is 16.2. The van der Waals surface area contributed by atoms with Crippen molar-refractivity contribution in [3.05, 3.63) is 53.2 Å². The van der Waals surface area contributed by atoms with Crippen LogP contribution in [0.1, 0.15) is 31.3 Å². The van der Waals surface area contributed by atoms with E-state index in [-0.39, 0.29) is 29.7 Å². The fourth-order valence-corrected chi connectivity index (χ4v) is 3.18. The molecule has 5 nitrogen and oxygen atoms in total. The number of benzene rings is 1. The Morgan fingerprint density at radius 2 is 1.96 bits per heavy atom. The highest BCUT2D eigenvalue weighted by Gasteiger charge is 2.49. The van der Waals surface area contributed by atoms with Gasteiger partial charge in [-0.05, 0) is 36.7 Å². The number of halogens is 1. The molecule has 1 amide bonds. The number of ether oxygens (including phenoxy) is 1. The Kier molecular flexibility index (Phi) is 5.32. The molecule has 138 valence electrons. The van der Waals surface area contributed by atoms with Crippen LogP contribution in [0.25, 0.3) is 11.3 Å². The highest BCUT2D eigenvalue weighted by atomic mass is 35.5. The molecule has 1 aliphatic rings. The smallest absolute Gasteiger partial charge is 0.270 e. The number of nitrogens with zero attached hydrogens (tertiary/aromatic N) is 1. The quantitative estimate of drug-likeness (QED) is 0.787. The number of aromatic nitrogens is 1. The molecule has 3 atom stereocenters. The van der Waals surface area contributed by atoms with Crippen molar-refractivity contribution in [2.24, 2.45) is 5.41 Å². The molecule has 2 heterocycles. The fourth-order valence-electron chi connectivity index (χ4n) is 2.99. The van der Waals surface area contributed by atoms with Crippen molar-refractivity contribution < 1.29 is 9.53 Å². The molecule has 1 saturated heterocycles. The average Bonchev–Trinajstić information content (AvgIpc) is 3.38. The van der Waals surface area contributed by atoms with Crippen LogP contribution in [0.5, 0.6) is 0 Å². The van der Waals surface area contributed by atoms with E-state index in [0.29, 0.717) is 16.4 Å². The van der Waals surface area contributed by atoms with Crippen molar-refractivity contribution in [1.29, 1.82) is 0 Å². The molecule has 2 aromatic rings. The number of hydrogen-bond acceptors (Lipinski definition) is 4. The topological polar surface area (TPSA) is 66.5 Å². The van der Waals surface area contributed by atoms with Crippen molar-refractivity contribution in [1.82, 2.24) is 15.6 Å². The molecular formula is C20H24ClN3O2. The molecule has 0 aliphatic carbocycles. The number of likely N-dealkylation sites (N-methyl/N-ethyl adjacent to an activating group) is 1. The highest BCUT2D eigenvalue weighted by molar-refractivity contribution is 6.30. The predicted molar refractivity (Wildman–Crippen MR) is 103 cm³/mol. The van der Waals surface area contributed by atoms with Gasteiger partial charge in [0, 0.05) is 10.6 Å². The molecule has 1 aliphatic heterocycles. The number of amides is 1. The van der Waals surface area contributed by atoms with E-state index in [1.165, 1.54) is 0 Å². The number of rotatable bonds is 5. The van der Waals surface area contributed by atoms with E-state index >= 15 is 0 Å². The Hall–Kier alpha value is -1.95. The molecule has 26 heavy (non-hydrogen) atoms. The minimum atomic E-state index is -0.209. The number of carbonyl (C=O) groups is 1. The van der Waals surface area contributed by atoms with E-state index < -0.39 is 0 Å². The second kappa shape index (κ2) is 7.35. The molecule has 0 saturated carbocycles. The lowest BCUT2D eigenvalue weighted by atomic mass is 9.84. The number of epoxide rings is 1.